The molecule has 1 atom stereocenters. The molecule has 33 heavy (non-hydrogen) atoms. The van der Waals surface area contributed by atoms with Crippen LogP contribution in [0.4, 0.5) is 5.69 Å². The number of amides is 2. The van der Waals surface area contributed by atoms with Crippen LogP contribution >= 0.6 is 0 Å². The van der Waals surface area contributed by atoms with E-state index in [0.717, 1.165) is 24.0 Å². The van der Waals surface area contributed by atoms with Crippen molar-refractivity contribution in [3.63, 3.8) is 0 Å². The molecule has 0 fully saturated rings. The minimum atomic E-state index is -0.331. The number of para-hydroxylation sites is 2. The molecule has 3 aromatic carbocycles. The van der Waals surface area contributed by atoms with E-state index in [1.165, 1.54) is 10.5 Å². The zero-order valence-electron chi connectivity index (χ0n) is 19.0. The highest BCUT2D eigenvalue weighted by atomic mass is 16.5. The highest BCUT2D eigenvalue weighted by molar-refractivity contribution is 6.12. The first kappa shape index (κ1) is 22.3. The number of fused-ring (bicyclic) bond motifs is 1. The molecule has 0 radical (unpaired) electrons. The normalized spacial score (nSPS) is 15.0. The van der Waals surface area contributed by atoms with Crippen molar-refractivity contribution in [2.24, 2.45) is 0 Å². The van der Waals surface area contributed by atoms with Gasteiger partial charge in [0.1, 0.15) is 6.54 Å². The van der Waals surface area contributed by atoms with Crippen LogP contribution in [0, 0.1) is 6.92 Å². The third kappa shape index (κ3) is 5.69. The van der Waals surface area contributed by atoms with E-state index in [1.807, 2.05) is 68.4 Å². The lowest BCUT2D eigenvalue weighted by molar-refractivity contribution is -0.123. The highest BCUT2D eigenvalue weighted by Crippen LogP contribution is 2.35. The fourth-order valence-corrected chi connectivity index (χ4v) is 3.89. The zero-order chi connectivity index (χ0) is 23.2. The number of hydrogen-bond acceptors (Lipinski definition) is 3. The molecule has 1 aliphatic rings. The fraction of sp³-hybridized carbons (Fsp3) is 0.214. The summed E-state index contributed by atoms with van der Waals surface area (Å²) in [5.41, 5.74) is 3.79. The maximum absolute atomic E-state index is 13.3. The molecule has 0 aromatic heterocycles. The van der Waals surface area contributed by atoms with E-state index in [4.69, 9.17) is 4.74 Å². The summed E-state index contributed by atoms with van der Waals surface area (Å²) in [6.07, 6.45) is 3.42. The first-order valence-electron chi connectivity index (χ1n) is 11.2. The molecule has 5 heteroatoms. The van der Waals surface area contributed by atoms with E-state index < -0.39 is 0 Å². The fourth-order valence-electron chi connectivity index (χ4n) is 3.89. The molecule has 1 aliphatic heterocycles. The summed E-state index contributed by atoms with van der Waals surface area (Å²) >= 11 is 0. The molecule has 168 valence electrons. The van der Waals surface area contributed by atoms with E-state index >= 15 is 0 Å². The van der Waals surface area contributed by atoms with Crippen LogP contribution in [0.15, 0.2) is 84.6 Å². The number of anilines is 1. The number of benzene rings is 3. The summed E-state index contributed by atoms with van der Waals surface area (Å²) in [7, 11) is 0. The maximum Gasteiger partial charge on any atom is 0.294 e. The second-order valence-electron chi connectivity index (χ2n) is 8.38. The van der Waals surface area contributed by atoms with Crippen molar-refractivity contribution in [3.05, 3.63) is 101 Å². The summed E-state index contributed by atoms with van der Waals surface area (Å²) in [6.45, 7) is 3.91. The Morgan fingerprint density at radius 3 is 2.58 bits per heavy atom. The van der Waals surface area contributed by atoms with Gasteiger partial charge in [-0.2, -0.15) is 0 Å². The molecule has 4 rings (SSSR count). The van der Waals surface area contributed by atoms with Gasteiger partial charge in [0.05, 0.1) is 5.69 Å². The predicted molar refractivity (Wildman–Crippen MR) is 131 cm³/mol. The second-order valence-corrected chi connectivity index (χ2v) is 8.38. The quantitative estimate of drug-likeness (QED) is 0.532. The molecule has 3 aromatic rings. The number of nitrogens with one attached hydrogen (secondary N) is 1. The van der Waals surface area contributed by atoms with Gasteiger partial charge in [-0.3, -0.25) is 14.5 Å². The summed E-state index contributed by atoms with van der Waals surface area (Å²) in [6, 6.07) is 25.3. The molecule has 0 aliphatic carbocycles. The van der Waals surface area contributed by atoms with Gasteiger partial charge in [-0.1, -0.05) is 72.3 Å². The van der Waals surface area contributed by atoms with Gasteiger partial charge in [-0.25, -0.2) is 0 Å². The van der Waals surface area contributed by atoms with Gasteiger partial charge in [0.25, 0.3) is 5.91 Å². The Hall–Kier alpha value is -3.86. The van der Waals surface area contributed by atoms with E-state index in [-0.39, 0.29) is 30.2 Å². The van der Waals surface area contributed by atoms with Crippen molar-refractivity contribution < 1.29 is 14.3 Å². The van der Waals surface area contributed by atoms with Gasteiger partial charge in [-0.05, 0) is 56.0 Å². The largest absolute Gasteiger partial charge is 0.449 e. The van der Waals surface area contributed by atoms with Crippen LogP contribution in [-0.2, 0) is 16.0 Å². The molecule has 2 amide bonds. The summed E-state index contributed by atoms with van der Waals surface area (Å²) in [5.74, 6) is 0.225. The molecule has 1 heterocycles. The van der Waals surface area contributed by atoms with E-state index in [0.29, 0.717) is 11.4 Å². The standard InChI is InChI=1S/C28H28N2O3/c1-20-9-8-12-23(17-20)18-26-28(32)30(24-13-6-7-14-25(24)33-26)19-27(31)29-21(2)15-16-22-10-4-3-5-11-22/h3-14,17-18,21H,15-16,19H2,1-2H3,(H,29,31). The molecule has 5 nitrogen and oxygen atoms in total. The number of rotatable bonds is 7. The van der Waals surface area contributed by atoms with E-state index in [9.17, 15) is 9.59 Å². The van der Waals surface area contributed by atoms with Crippen LogP contribution in [0.3, 0.4) is 0 Å². The first-order valence-corrected chi connectivity index (χ1v) is 11.2. The van der Waals surface area contributed by atoms with Gasteiger partial charge in [-0.15, -0.1) is 0 Å². The molecule has 1 N–H and O–H groups in total. The minimum Gasteiger partial charge on any atom is -0.449 e. The lowest BCUT2D eigenvalue weighted by Gasteiger charge is -2.30. The third-order valence-electron chi connectivity index (χ3n) is 5.59. The average molecular weight is 441 g/mol. The number of nitrogens with zero attached hydrogens (tertiary/aromatic N) is 1. The molecule has 0 spiro atoms. The van der Waals surface area contributed by atoms with E-state index in [2.05, 4.69) is 17.4 Å². The van der Waals surface area contributed by atoms with Crippen molar-refractivity contribution in [1.82, 2.24) is 5.32 Å². The van der Waals surface area contributed by atoms with Gasteiger partial charge in [0.15, 0.2) is 11.5 Å². The number of ether oxygens (including phenoxy) is 1. The highest BCUT2D eigenvalue weighted by Gasteiger charge is 2.31. The molecule has 0 bridgehead atoms. The SMILES string of the molecule is Cc1cccc(C=C2Oc3ccccc3N(CC(=O)NC(C)CCc3ccccc3)C2=O)c1. The minimum absolute atomic E-state index is 0.00796. The van der Waals surface area contributed by atoms with Crippen molar-refractivity contribution in [3.8, 4) is 5.75 Å². The van der Waals surface area contributed by atoms with Gasteiger partial charge in [0, 0.05) is 6.04 Å². The van der Waals surface area contributed by atoms with Gasteiger partial charge < -0.3 is 10.1 Å². The number of carbonyl (C=O) groups excluding carboxylic acids is 2. The summed E-state index contributed by atoms with van der Waals surface area (Å²) in [4.78, 5) is 27.6. The lowest BCUT2D eigenvalue weighted by atomic mass is 10.1. The number of carbonyl (C=O) groups is 2. The average Bonchev–Trinajstić information content (AvgIpc) is 2.81. The Bertz CT molecular complexity index is 1170. The maximum atomic E-state index is 13.3. The lowest BCUT2D eigenvalue weighted by Crippen LogP contribution is -2.46. The Morgan fingerprint density at radius 2 is 1.79 bits per heavy atom. The van der Waals surface area contributed by atoms with Crippen molar-refractivity contribution in [2.75, 3.05) is 11.4 Å². The van der Waals surface area contributed by atoms with Gasteiger partial charge in [0.2, 0.25) is 5.91 Å². The van der Waals surface area contributed by atoms with Crippen LogP contribution < -0.4 is 15.0 Å². The van der Waals surface area contributed by atoms with Crippen molar-refractivity contribution in [2.45, 2.75) is 32.7 Å². The van der Waals surface area contributed by atoms with Crippen molar-refractivity contribution in [1.29, 1.82) is 0 Å². The monoisotopic (exact) mass is 440 g/mol. The second kappa shape index (κ2) is 10.2. The number of aryl methyl sites for hydroxylation is 2. The van der Waals surface area contributed by atoms with E-state index in [1.54, 1.807) is 18.2 Å². The Morgan fingerprint density at radius 1 is 1.03 bits per heavy atom. The predicted octanol–water partition coefficient (Wildman–Crippen LogP) is 4.90. The van der Waals surface area contributed by atoms with Crippen LogP contribution in [0.5, 0.6) is 5.75 Å². The molecule has 1 unspecified atom stereocenters. The van der Waals surface area contributed by atoms with Crippen LogP contribution in [-0.4, -0.2) is 24.4 Å². The van der Waals surface area contributed by atoms with Crippen LogP contribution in [0.25, 0.3) is 6.08 Å². The third-order valence-corrected chi connectivity index (χ3v) is 5.59. The Kier molecular flexibility index (Phi) is 6.89. The topological polar surface area (TPSA) is 58.6 Å². The summed E-state index contributed by atoms with van der Waals surface area (Å²) < 4.78 is 5.91. The Labute approximate surface area is 194 Å². The molecular weight excluding hydrogens is 412 g/mol. The van der Waals surface area contributed by atoms with Crippen molar-refractivity contribution >= 4 is 23.6 Å². The number of hydrogen-bond donors (Lipinski definition) is 1. The zero-order valence-corrected chi connectivity index (χ0v) is 19.0. The van der Waals surface area contributed by atoms with Crippen LogP contribution in [0.2, 0.25) is 0 Å². The summed E-state index contributed by atoms with van der Waals surface area (Å²) in [5, 5.41) is 3.03. The molecule has 0 saturated heterocycles. The molecule has 0 saturated carbocycles. The van der Waals surface area contributed by atoms with Gasteiger partial charge >= 0.3 is 0 Å². The smallest absolute Gasteiger partial charge is 0.294 e. The Balaban J connectivity index is 1.47. The van der Waals surface area contributed by atoms with Crippen LogP contribution in [0.1, 0.15) is 30.0 Å². The molecular formula is C28H28N2O3. The first-order chi connectivity index (χ1) is 16.0.